The van der Waals surface area contributed by atoms with Gasteiger partial charge in [-0.3, -0.25) is 9.20 Å². The fraction of sp³-hybridized carbons (Fsp3) is 0.632. The van der Waals surface area contributed by atoms with Crippen molar-refractivity contribution in [2.24, 2.45) is 10.4 Å². The zero-order chi connectivity index (χ0) is 17.5. The first-order chi connectivity index (χ1) is 12.2. The first kappa shape index (κ1) is 18.4. The molecule has 1 spiro atoms. The molecule has 0 aromatic heterocycles. The predicted octanol–water partition coefficient (Wildman–Crippen LogP) is 2.01. The molecule has 6 heteroatoms. The smallest absolute Gasteiger partial charge is 0.193 e. The Morgan fingerprint density at radius 2 is 2.04 bits per heavy atom. The molecule has 138 valence electrons. The van der Waals surface area contributed by atoms with Crippen LogP contribution in [0.25, 0.3) is 0 Å². The fourth-order valence-corrected chi connectivity index (χ4v) is 4.81. The lowest BCUT2D eigenvalue weighted by molar-refractivity contribution is 0.0218. The molecule has 1 N–H and O–H groups in total. The Bertz CT molecular complexity index is 600. The van der Waals surface area contributed by atoms with Crippen LogP contribution in [0.3, 0.4) is 0 Å². The maximum absolute atomic E-state index is 12.2. The first-order valence-electron chi connectivity index (χ1n) is 9.13. The zero-order valence-electron chi connectivity index (χ0n) is 15.1. The van der Waals surface area contributed by atoms with Crippen molar-refractivity contribution in [1.82, 2.24) is 10.2 Å². The summed E-state index contributed by atoms with van der Waals surface area (Å²) in [6.45, 7) is 4.57. The standard InChI is InChI=1S/C19H29N3O2S/c1-20-18(22-11-7-19(16-22)8-12-24-13-9-19)21-10-14-25(23)15-17-5-3-2-4-6-17/h2-6H,7-16H2,1H3,(H,20,21). The normalized spacial score (nSPS) is 21.5. The van der Waals surface area contributed by atoms with Crippen LogP contribution in [-0.2, 0) is 21.3 Å². The van der Waals surface area contributed by atoms with Crippen LogP contribution < -0.4 is 5.32 Å². The summed E-state index contributed by atoms with van der Waals surface area (Å²) in [5.41, 5.74) is 1.54. The van der Waals surface area contributed by atoms with Crippen molar-refractivity contribution < 1.29 is 8.95 Å². The van der Waals surface area contributed by atoms with Crippen LogP contribution >= 0.6 is 0 Å². The Morgan fingerprint density at radius 3 is 2.76 bits per heavy atom. The summed E-state index contributed by atoms with van der Waals surface area (Å²) < 4.78 is 17.8. The maximum Gasteiger partial charge on any atom is 0.193 e. The number of nitrogens with one attached hydrogen (secondary N) is 1. The number of hydrogen-bond acceptors (Lipinski definition) is 3. The average molecular weight is 364 g/mol. The van der Waals surface area contributed by atoms with Gasteiger partial charge in [-0.25, -0.2) is 0 Å². The lowest BCUT2D eigenvalue weighted by Crippen LogP contribution is -2.43. The summed E-state index contributed by atoms with van der Waals surface area (Å²) in [6, 6.07) is 10.0. The Morgan fingerprint density at radius 1 is 1.28 bits per heavy atom. The highest BCUT2D eigenvalue weighted by atomic mass is 32.2. The third-order valence-electron chi connectivity index (χ3n) is 5.29. The van der Waals surface area contributed by atoms with Gasteiger partial charge in [-0.05, 0) is 30.2 Å². The molecule has 0 aliphatic carbocycles. The number of benzene rings is 1. The number of ether oxygens (including phenoxy) is 1. The van der Waals surface area contributed by atoms with Gasteiger partial charge in [0.25, 0.3) is 0 Å². The number of nitrogens with zero attached hydrogens (tertiary/aromatic N) is 2. The van der Waals surface area contributed by atoms with Gasteiger partial charge in [0.1, 0.15) is 0 Å². The van der Waals surface area contributed by atoms with Crippen LogP contribution in [0, 0.1) is 5.41 Å². The molecule has 1 unspecified atom stereocenters. The van der Waals surface area contributed by atoms with Gasteiger partial charge in [-0.1, -0.05) is 30.3 Å². The maximum atomic E-state index is 12.2. The largest absolute Gasteiger partial charge is 0.381 e. The number of aliphatic imine (C=N–C) groups is 1. The van der Waals surface area contributed by atoms with Crippen molar-refractivity contribution in [3.63, 3.8) is 0 Å². The minimum absolute atomic E-state index is 0.409. The third kappa shape index (κ3) is 5.05. The summed E-state index contributed by atoms with van der Waals surface area (Å²) in [4.78, 5) is 6.78. The van der Waals surface area contributed by atoms with Crippen molar-refractivity contribution in [3.8, 4) is 0 Å². The number of likely N-dealkylation sites (tertiary alicyclic amines) is 1. The van der Waals surface area contributed by atoms with Crippen LogP contribution in [0.2, 0.25) is 0 Å². The average Bonchev–Trinajstić information content (AvgIpc) is 3.03. The molecule has 5 nitrogen and oxygen atoms in total. The van der Waals surface area contributed by atoms with Gasteiger partial charge >= 0.3 is 0 Å². The Hall–Kier alpha value is -1.40. The molecular formula is C19H29N3O2S. The molecule has 2 saturated heterocycles. The van der Waals surface area contributed by atoms with E-state index >= 15 is 0 Å². The minimum atomic E-state index is -0.854. The van der Waals surface area contributed by atoms with Gasteiger partial charge in [0.2, 0.25) is 0 Å². The van der Waals surface area contributed by atoms with E-state index in [1.807, 2.05) is 37.4 Å². The monoisotopic (exact) mass is 363 g/mol. The van der Waals surface area contributed by atoms with Gasteiger partial charge < -0.3 is 15.0 Å². The first-order valence-corrected chi connectivity index (χ1v) is 10.6. The number of rotatable bonds is 5. The highest BCUT2D eigenvalue weighted by Crippen LogP contribution is 2.39. The molecule has 2 aliphatic heterocycles. The molecule has 2 heterocycles. The summed E-state index contributed by atoms with van der Waals surface area (Å²) >= 11 is 0. The molecule has 1 aromatic carbocycles. The molecule has 0 amide bonds. The van der Waals surface area contributed by atoms with Gasteiger partial charge in [-0.15, -0.1) is 0 Å². The van der Waals surface area contributed by atoms with E-state index < -0.39 is 10.8 Å². The SMILES string of the molecule is CN=C(NCCS(=O)Cc1ccccc1)N1CCC2(CCOCC2)C1. The minimum Gasteiger partial charge on any atom is -0.381 e. The molecular weight excluding hydrogens is 334 g/mol. The van der Waals surface area contributed by atoms with Crippen LogP contribution in [0.5, 0.6) is 0 Å². The fourth-order valence-electron chi connectivity index (χ4n) is 3.77. The molecule has 3 rings (SSSR count). The molecule has 1 atom stereocenters. The molecule has 2 fully saturated rings. The summed E-state index contributed by atoms with van der Waals surface area (Å²) in [7, 11) is 0.977. The van der Waals surface area contributed by atoms with E-state index in [0.29, 0.717) is 23.5 Å². The highest BCUT2D eigenvalue weighted by Gasteiger charge is 2.40. The number of hydrogen-bond donors (Lipinski definition) is 1. The second-order valence-electron chi connectivity index (χ2n) is 7.03. The van der Waals surface area contributed by atoms with E-state index in [4.69, 9.17) is 4.74 Å². The van der Waals surface area contributed by atoms with Crippen molar-refractivity contribution >= 4 is 16.8 Å². The van der Waals surface area contributed by atoms with Crippen molar-refractivity contribution in [3.05, 3.63) is 35.9 Å². The lowest BCUT2D eigenvalue weighted by Gasteiger charge is -2.33. The Kier molecular flexibility index (Phi) is 6.48. The third-order valence-corrected chi connectivity index (χ3v) is 6.60. The lowest BCUT2D eigenvalue weighted by atomic mass is 9.80. The van der Waals surface area contributed by atoms with Crippen LogP contribution in [0.4, 0.5) is 0 Å². The molecule has 25 heavy (non-hydrogen) atoms. The van der Waals surface area contributed by atoms with E-state index in [1.165, 1.54) is 6.42 Å². The quantitative estimate of drug-likeness (QED) is 0.642. The highest BCUT2D eigenvalue weighted by molar-refractivity contribution is 7.84. The van der Waals surface area contributed by atoms with Gasteiger partial charge in [0, 0.05) is 62.2 Å². The van der Waals surface area contributed by atoms with E-state index in [9.17, 15) is 4.21 Å². The molecule has 0 bridgehead atoms. The van der Waals surface area contributed by atoms with E-state index in [2.05, 4.69) is 15.2 Å². The molecule has 0 radical (unpaired) electrons. The summed E-state index contributed by atoms with van der Waals surface area (Å²) in [6.07, 6.45) is 3.53. The van der Waals surface area contributed by atoms with Crippen molar-refractivity contribution in [2.75, 3.05) is 45.6 Å². The Labute approximate surface area is 153 Å². The van der Waals surface area contributed by atoms with Crippen LogP contribution in [0.1, 0.15) is 24.8 Å². The molecule has 0 saturated carbocycles. The van der Waals surface area contributed by atoms with E-state index in [0.717, 1.165) is 50.7 Å². The molecule has 1 aromatic rings. The van der Waals surface area contributed by atoms with Gasteiger partial charge in [-0.2, -0.15) is 0 Å². The van der Waals surface area contributed by atoms with Gasteiger partial charge in [0.15, 0.2) is 5.96 Å². The number of guanidine groups is 1. The second-order valence-corrected chi connectivity index (χ2v) is 8.61. The zero-order valence-corrected chi connectivity index (χ0v) is 15.9. The summed E-state index contributed by atoms with van der Waals surface area (Å²) in [5, 5.41) is 3.40. The van der Waals surface area contributed by atoms with Gasteiger partial charge in [0.05, 0.1) is 0 Å². The van der Waals surface area contributed by atoms with Crippen LogP contribution in [-0.4, -0.2) is 60.7 Å². The predicted molar refractivity (Wildman–Crippen MR) is 103 cm³/mol. The van der Waals surface area contributed by atoms with E-state index in [-0.39, 0.29) is 0 Å². The molecule has 2 aliphatic rings. The van der Waals surface area contributed by atoms with Crippen LogP contribution in [0.15, 0.2) is 35.3 Å². The Balaban J connectivity index is 1.43. The van der Waals surface area contributed by atoms with Crippen molar-refractivity contribution in [1.29, 1.82) is 0 Å². The second kappa shape index (κ2) is 8.81. The van der Waals surface area contributed by atoms with E-state index in [1.54, 1.807) is 0 Å². The van der Waals surface area contributed by atoms with Crippen molar-refractivity contribution in [2.45, 2.75) is 25.0 Å². The topological polar surface area (TPSA) is 53.9 Å². The summed E-state index contributed by atoms with van der Waals surface area (Å²) in [5.74, 6) is 2.20.